The number of aliphatic hydroxyl groups is 1. The van der Waals surface area contributed by atoms with E-state index in [9.17, 15) is 21.8 Å². The van der Waals surface area contributed by atoms with Gasteiger partial charge in [0.1, 0.15) is 11.9 Å². The van der Waals surface area contributed by atoms with Crippen molar-refractivity contribution < 1.29 is 21.8 Å². The highest BCUT2D eigenvalue weighted by Crippen LogP contribution is 2.28. The lowest BCUT2D eigenvalue weighted by Crippen LogP contribution is -2.06. The van der Waals surface area contributed by atoms with Gasteiger partial charge in [-0.25, -0.2) is 21.8 Å². The van der Waals surface area contributed by atoms with Crippen LogP contribution in [0, 0.1) is 5.82 Å². The van der Waals surface area contributed by atoms with Crippen molar-refractivity contribution in [2.24, 2.45) is 0 Å². The molecule has 21 heavy (non-hydrogen) atoms. The molecule has 114 valence electrons. The van der Waals surface area contributed by atoms with Crippen molar-refractivity contribution in [1.29, 1.82) is 0 Å². The van der Waals surface area contributed by atoms with E-state index in [0.29, 0.717) is 0 Å². The van der Waals surface area contributed by atoms with E-state index in [-0.39, 0.29) is 33.8 Å². The van der Waals surface area contributed by atoms with E-state index in [0.717, 1.165) is 28.6 Å². The molecule has 1 heterocycles. The summed E-state index contributed by atoms with van der Waals surface area (Å²) in [5.41, 5.74) is 0.155. The molecule has 0 bridgehead atoms. The molecule has 0 saturated heterocycles. The average Bonchev–Trinajstić information content (AvgIpc) is 2.85. The van der Waals surface area contributed by atoms with Gasteiger partial charge in [-0.1, -0.05) is 17.7 Å². The minimum Gasteiger partial charge on any atom is -0.380 e. The molecule has 1 atom stereocenters. The maximum atomic E-state index is 13.1. The van der Waals surface area contributed by atoms with E-state index >= 15 is 0 Å². The number of nitrogens with zero attached hydrogens (tertiary/aromatic N) is 2. The highest BCUT2D eigenvalue weighted by Gasteiger charge is 2.23. The SMILES string of the molecule is CS(=O)(=O)c1cn(SF)c(C(O)c2ccc(F)c(Cl)c2)n1. The van der Waals surface area contributed by atoms with E-state index in [1.165, 1.54) is 6.07 Å². The summed E-state index contributed by atoms with van der Waals surface area (Å²) in [7, 11) is -3.65. The zero-order valence-electron chi connectivity index (χ0n) is 10.5. The quantitative estimate of drug-likeness (QED) is 0.913. The Morgan fingerprint density at radius 1 is 1.48 bits per heavy atom. The van der Waals surface area contributed by atoms with Gasteiger partial charge < -0.3 is 5.11 Å². The van der Waals surface area contributed by atoms with E-state index in [2.05, 4.69) is 4.98 Å². The Balaban J connectivity index is 2.49. The highest BCUT2D eigenvalue weighted by molar-refractivity contribution is 7.93. The Bertz CT molecular complexity index is 780. The van der Waals surface area contributed by atoms with E-state index in [1.54, 1.807) is 0 Å². The van der Waals surface area contributed by atoms with Gasteiger partial charge in [-0.05, 0) is 17.7 Å². The van der Waals surface area contributed by atoms with Gasteiger partial charge in [0.05, 0.1) is 11.2 Å². The first-order valence-electron chi connectivity index (χ1n) is 5.45. The molecule has 0 fully saturated rings. The van der Waals surface area contributed by atoms with Crippen LogP contribution in [0.1, 0.15) is 17.5 Å². The van der Waals surface area contributed by atoms with Crippen LogP contribution >= 0.6 is 23.9 Å². The second-order valence-corrected chi connectivity index (χ2v) is 7.08. The van der Waals surface area contributed by atoms with Crippen LogP contribution in [0.25, 0.3) is 0 Å². The van der Waals surface area contributed by atoms with Crippen molar-refractivity contribution in [3.63, 3.8) is 0 Å². The molecule has 0 aliphatic heterocycles. The first-order valence-corrected chi connectivity index (χ1v) is 8.39. The number of benzene rings is 1. The van der Waals surface area contributed by atoms with Gasteiger partial charge in [-0.15, -0.1) is 3.89 Å². The molecular weight excluding hydrogens is 346 g/mol. The van der Waals surface area contributed by atoms with Gasteiger partial charge in [0.25, 0.3) is 0 Å². The van der Waals surface area contributed by atoms with E-state index < -0.39 is 21.8 Å². The topological polar surface area (TPSA) is 72.2 Å². The number of hydrogen-bond acceptors (Lipinski definition) is 5. The fourth-order valence-corrected chi connectivity index (χ4v) is 2.77. The Kier molecular flexibility index (Phi) is 4.57. The smallest absolute Gasteiger partial charge is 0.194 e. The third-order valence-corrected chi connectivity index (χ3v) is 4.32. The molecule has 0 saturated carbocycles. The summed E-state index contributed by atoms with van der Waals surface area (Å²) < 4.78 is 49.5. The number of imidazole rings is 1. The standard InChI is InChI=1S/C11H9ClF2N2O3S2/c1-21(18,19)9-5-16(20-14)11(15-9)10(17)6-2-3-8(13)7(12)4-6/h2-5,10,17H,1H3. The maximum absolute atomic E-state index is 13.1. The highest BCUT2D eigenvalue weighted by atomic mass is 35.5. The van der Waals surface area contributed by atoms with Gasteiger partial charge in [-0.2, -0.15) is 0 Å². The summed E-state index contributed by atoms with van der Waals surface area (Å²) in [4.78, 5) is 3.71. The molecule has 0 radical (unpaired) electrons. The Labute approximate surface area is 128 Å². The molecule has 0 amide bonds. The summed E-state index contributed by atoms with van der Waals surface area (Å²) >= 11 is 5.29. The Hall–Kier alpha value is -1.16. The monoisotopic (exact) mass is 354 g/mol. The predicted molar refractivity (Wildman–Crippen MR) is 74.9 cm³/mol. The van der Waals surface area contributed by atoms with Crippen molar-refractivity contribution in [2.45, 2.75) is 11.1 Å². The normalized spacial score (nSPS) is 13.4. The molecule has 5 nitrogen and oxygen atoms in total. The molecule has 1 aromatic heterocycles. The third kappa shape index (κ3) is 3.37. The van der Waals surface area contributed by atoms with Crippen LogP contribution in [0.15, 0.2) is 29.4 Å². The summed E-state index contributed by atoms with van der Waals surface area (Å²) in [6, 6.07) is 3.44. The number of rotatable bonds is 4. The summed E-state index contributed by atoms with van der Waals surface area (Å²) in [6.07, 6.45) is 0.402. The van der Waals surface area contributed by atoms with Crippen LogP contribution in [0.2, 0.25) is 5.02 Å². The Morgan fingerprint density at radius 2 is 2.14 bits per heavy atom. The molecule has 10 heteroatoms. The molecule has 2 aromatic rings. The van der Waals surface area contributed by atoms with Crippen molar-refractivity contribution in [3.05, 3.63) is 46.6 Å². The molecule has 0 aliphatic carbocycles. The lowest BCUT2D eigenvalue weighted by Gasteiger charge is -2.11. The second-order valence-electron chi connectivity index (χ2n) is 4.18. The molecular formula is C11H9ClF2N2O3S2. The molecule has 1 aromatic carbocycles. The summed E-state index contributed by atoms with van der Waals surface area (Å²) in [5.74, 6) is -0.918. The van der Waals surface area contributed by atoms with Crippen LogP contribution in [0.3, 0.4) is 0 Å². The van der Waals surface area contributed by atoms with Gasteiger partial charge >= 0.3 is 0 Å². The van der Waals surface area contributed by atoms with E-state index in [1.807, 2.05) is 0 Å². The molecule has 0 spiro atoms. The number of aliphatic hydroxyl groups excluding tert-OH is 1. The van der Waals surface area contributed by atoms with Gasteiger partial charge in [0, 0.05) is 6.26 Å². The minimum absolute atomic E-state index is 0.155. The van der Waals surface area contributed by atoms with Crippen molar-refractivity contribution in [1.82, 2.24) is 8.96 Å². The second kappa shape index (κ2) is 5.91. The number of aromatic nitrogens is 2. The lowest BCUT2D eigenvalue weighted by atomic mass is 10.1. The zero-order valence-corrected chi connectivity index (χ0v) is 12.9. The van der Waals surface area contributed by atoms with Crippen LogP contribution < -0.4 is 0 Å². The summed E-state index contributed by atoms with van der Waals surface area (Å²) in [5, 5.41) is 9.56. The number of hydrogen-bond donors (Lipinski definition) is 1. The van der Waals surface area contributed by atoms with Gasteiger partial charge in [0.15, 0.2) is 33.0 Å². The van der Waals surface area contributed by atoms with Crippen molar-refractivity contribution in [2.75, 3.05) is 6.26 Å². The minimum atomic E-state index is -3.65. The fourth-order valence-electron chi connectivity index (χ4n) is 1.60. The van der Waals surface area contributed by atoms with Crippen molar-refractivity contribution >= 4 is 33.8 Å². The predicted octanol–water partition coefficient (Wildman–Crippen LogP) is 2.54. The first kappa shape index (κ1) is 16.2. The van der Waals surface area contributed by atoms with Crippen LogP contribution in [0.5, 0.6) is 0 Å². The van der Waals surface area contributed by atoms with Crippen molar-refractivity contribution in [3.8, 4) is 0 Å². The molecule has 1 unspecified atom stereocenters. The van der Waals surface area contributed by atoms with Gasteiger partial charge in [-0.3, -0.25) is 0 Å². The third-order valence-electron chi connectivity index (χ3n) is 2.64. The van der Waals surface area contributed by atoms with Crippen LogP contribution in [-0.4, -0.2) is 28.7 Å². The summed E-state index contributed by atoms with van der Waals surface area (Å²) in [6.45, 7) is 0. The zero-order chi connectivity index (χ0) is 15.8. The molecule has 1 N–H and O–H groups in total. The Morgan fingerprint density at radius 3 is 2.67 bits per heavy atom. The average molecular weight is 355 g/mol. The van der Waals surface area contributed by atoms with E-state index in [4.69, 9.17) is 11.6 Å². The first-order chi connectivity index (χ1) is 9.74. The molecule has 0 aliphatic rings. The van der Waals surface area contributed by atoms with Crippen LogP contribution in [0.4, 0.5) is 8.28 Å². The lowest BCUT2D eigenvalue weighted by molar-refractivity contribution is 0.209. The number of halogens is 3. The fraction of sp³-hybridized carbons (Fsp3) is 0.182. The largest absolute Gasteiger partial charge is 0.380 e. The van der Waals surface area contributed by atoms with Gasteiger partial charge in [0.2, 0.25) is 0 Å². The van der Waals surface area contributed by atoms with Crippen LogP contribution in [-0.2, 0) is 9.84 Å². The maximum Gasteiger partial charge on any atom is 0.194 e. The number of sulfone groups is 1. The molecule has 2 rings (SSSR count).